The Hall–Kier alpha value is -1.87. The number of nitrogens with zero attached hydrogens (tertiary/aromatic N) is 2. The van der Waals surface area contributed by atoms with E-state index in [9.17, 15) is 0 Å². The summed E-state index contributed by atoms with van der Waals surface area (Å²) in [5, 5.41) is 17.1. The summed E-state index contributed by atoms with van der Waals surface area (Å²) in [6.07, 6.45) is 5.29. The average Bonchev–Trinajstić information content (AvgIpc) is 2.59. The summed E-state index contributed by atoms with van der Waals surface area (Å²) in [5.74, 6) is 0.571. The molecule has 0 atom stereocenters. The van der Waals surface area contributed by atoms with Gasteiger partial charge < -0.3 is 18.7 Å². The van der Waals surface area contributed by atoms with E-state index in [1.165, 1.54) is 0 Å². The van der Waals surface area contributed by atoms with Crippen LogP contribution in [0.25, 0.3) is 0 Å². The number of hydrogen-bond donors (Lipinski definition) is 3. The van der Waals surface area contributed by atoms with Crippen LogP contribution >= 0.6 is 22.9 Å². The van der Waals surface area contributed by atoms with Gasteiger partial charge in [-0.2, -0.15) is 0 Å². The van der Waals surface area contributed by atoms with E-state index in [2.05, 4.69) is 34.8 Å². The summed E-state index contributed by atoms with van der Waals surface area (Å²) in [7, 11) is 0. The van der Waals surface area contributed by atoms with Crippen molar-refractivity contribution in [2.24, 2.45) is 10.7 Å². The van der Waals surface area contributed by atoms with Gasteiger partial charge in [0.05, 0.1) is 65.4 Å². The fourth-order valence-corrected chi connectivity index (χ4v) is 2.71. The number of halogens is 1. The normalized spacial score (nSPS) is 15.8. The Balaban J connectivity index is 2.16. The Labute approximate surface area is 162 Å². The van der Waals surface area contributed by atoms with Gasteiger partial charge in [-0.3, -0.25) is 5.41 Å². The molecule has 0 spiro atoms. The second kappa shape index (κ2) is 9.57. The molecule has 0 amide bonds. The minimum atomic E-state index is 0.101. The van der Waals surface area contributed by atoms with Crippen molar-refractivity contribution in [1.29, 1.82) is 5.41 Å². The molecule has 0 saturated carbocycles. The first kappa shape index (κ1) is 19.5. The molecule has 7 heteroatoms. The van der Waals surface area contributed by atoms with E-state index in [-0.39, 0.29) is 12.3 Å². The van der Waals surface area contributed by atoms with Crippen molar-refractivity contribution >= 4 is 45.7 Å². The van der Waals surface area contributed by atoms with Crippen LogP contribution in [-0.4, -0.2) is 36.3 Å². The molecular weight excluding hydrogens is 431 g/mol. The lowest BCUT2D eigenvalue weighted by molar-refractivity contribution is 0.215. The molecule has 25 heavy (non-hydrogen) atoms. The predicted octanol–water partition coefficient (Wildman–Crippen LogP) is 3.48. The number of allylic oxidation sites excluding steroid dienone is 2. The lowest BCUT2D eigenvalue weighted by Gasteiger charge is -2.16. The van der Waals surface area contributed by atoms with Gasteiger partial charge in [0.25, 0.3) is 0 Å². The molecule has 2 rings (SSSR count). The largest absolute Gasteiger partial charge is 0.491 e. The molecule has 0 heterocycles. The summed E-state index contributed by atoms with van der Waals surface area (Å²) < 4.78 is 7.62. The van der Waals surface area contributed by atoms with Gasteiger partial charge in [0.1, 0.15) is 5.76 Å². The van der Waals surface area contributed by atoms with Crippen LogP contribution in [0.15, 0.2) is 52.9 Å². The summed E-state index contributed by atoms with van der Waals surface area (Å²) >= 11 is 2.15. The van der Waals surface area contributed by atoms with Crippen molar-refractivity contribution in [3.05, 3.63) is 47.9 Å². The van der Waals surface area contributed by atoms with Gasteiger partial charge in [-0.15, -0.1) is 0 Å². The van der Waals surface area contributed by atoms with Crippen LogP contribution in [0.1, 0.15) is 19.8 Å². The number of benzene rings is 1. The SMILES string of the molecule is CCCCOC1=CC(=Nc2ccc(N(I)CCO)cc2)C(=N)C=C1N. The van der Waals surface area contributed by atoms with Gasteiger partial charge in [0.15, 0.2) is 0 Å². The highest BCUT2D eigenvalue weighted by atomic mass is 127. The maximum Gasteiger partial charge on any atom is 0.144 e. The molecule has 1 aliphatic rings. The molecule has 0 aromatic heterocycles. The van der Waals surface area contributed by atoms with Gasteiger partial charge in [0.2, 0.25) is 0 Å². The minimum absolute atomic E-state index is 0.101. The van der Waals surface area contributed by atoms with E-state index in [0.717, 1.165) is 24.2 Å². The van der Waals surface area contributed by atoms with Crippen LogP contribution in [0.4, 0.5) is 11.4 Å². The van der Waals surface area contributed by atoms with E-state index in [1.54, 1.807) is 12.2 Å². The number of aliphatic hydroxyl groups excluding tert-OH is 1. The van der Waals surface area contributed by atoms with Crippen molar-refractivity contribution in [3.63, 3.8) is 0 Å². The maximum atomic E-state index is 9.00. The lowest BCUT2D eigenvalue weighted by atomic mass is 10.1. The third-order valence-corrected chi connectivity index (χ3v) is 4.60. The Morgan fingerprint density at radius 2 is 2.00 bits per heavy atom. The molecule has 0 aliphatic heterocycles. The van der Waals surface area contributed by atoms with E-state index in [1.807, 2.05) is 27.4 Å². The monoisotopic (exact) mass is 454 g/mol. The van der Waals surface area contributed by atoms with E-state index in [4.69, 9.17) is 21.0 Å². The summed E-state index contributed by atoms with van der Waals surface area (Å²) in [4.78, 5) is 4.52. The zero-order valence-electron chi connectivity index (χ0n) is 14.2. The van der Waals surface area contributed by atoms with Gasteiger partial charge >= 0.3 is 0 Å². The third kappa shape index (κ3) is 5.57. The number of rotatable bonds is 8. The van der Waals surface area contributed by atoms with Gasteiger partial charge in [-0.25, -0.2) is 4.99 Å². The fourth-order valence-electron chi connectivity index (χ4n) is 2.17. The standard InChI is InChI=1S/C18H23IN4O2/c1-2-3-10-25-18-12-17(15(20)11-16(18)21)22-13-4-6-14(7-5-13)23(19)8-9-24/h4-7,11-12,20,24H,2-3,8-10,21H2,1H3. The number of anilines is 1. The third-order valence-electron chi connectivity index (χ3n) is 3.56. The molecule has 0 bridgehead atoms. The molecule has 0 fully saturated rings. The van der Waals surface area contributed by atoms with E-state index >= 15 is 0 Å². The zero-order valence-corrected chi connectivity index (χ0v) is 16.4. The predicted molar refractivity (Wildman–Crippen MR) is 111 cm³/mol. The van der Waals surface area contributed by atoms with Gasteiger partial charge in [-0.1, -0.05) is 13.3 Å². The van der Waals surface area contributed by atoms with E-state index in [0.29, 0.717) is 30.3 Å². The molecule has 1 aromatic rings. The first-order valence-corrected chi connectivity index (χ1v) is 9.15. The molecule has 4 N–H and O–H groups in total. The van der Waals surface area contributed by atoms with Gasteiger partial charge in [0, 0.05) is 11.8 Å². The molecule has 6 nitrogen and oxygen atoms in total. The molecule has 1 aromatic carbocycles. The highest BCUT2D eigenvalue weighted by molar-refractivity contribution is 14.1. The molecular formula is C18H23IN4O2. The molecule has 0 unspecified atom stereocenters. The van der Waals surface area contributed by atoms with E-state index < -0.39 is 0 Å². The molecule has 0 radical (unpaired) electrons. The van der Waals surface area contributed by atoms with Crippen LogP contribution < -0.4 is 8.85 Å². The Morgan fingerprint density at radius 3 is 2.64 bits per heavy atom. The van der Waals surface area contributed by atoms with Crippen molar-refractivity contribution in [1.82, 2.24) is 0 Å². The van der Waals surface area contributed by atoms with Crippen LogP contribution in [0, 0.1) is 5.41 Å². The highest BCUT2D eigenvalue weighted by Crippen LogP contribution is 2.23. The first-order valence-electron chi connectivity index (χ1n) is 8.19. The second-order valence-electron chi connectivity index (χ2n) is 5.55. The zero-order chi connectivity index (χ0) is 18.2. The highest BCUT2D eigenvalue weighted by Gasteiger charge is 2.15. The summed E-state index contributed by atoms with van der Waals surface area (Å²) in [6.45, 7) is 3.36. The molecule has 0 saturated heterocycles. The van der Waals surface area contributed by atoms with Crippen LogP contribution in [0.2, 0.25) is 0 Å². The van der Waals surface area contributed by atoms with Crippen molar-refractivity contribution in [3.8, 4) is 0 Å². The lowest BCUT2D eigenvalue weighted by Crippen LogP contribution is -2.20. The Bertz CT molecular complexity index is 696. The number of unbranched alkanes of at least 4 members (excludes halogenated alkanes) is 1. The van der Waals surface area contributed by atoms with Crippen LogP contribution in [0.5, 0.6) is 0 Å². The Kier molecular flexibility index (Phi) is 7.45. The van der Waals surface area contributed by atoms with Crippen molar-refractivity contribution in [2.75, 3.05) is 22.9 Å². The molecule has 134 valence electrons. The Morgan fingerprint density at radius 1 is 1.28 bits per heavy atom. The first-order chi connectivity index (χ1) is 12.0. The average molecular weight is 454 g/mol. The summed E-state index contributed by atoms with van der Waals surface area (Å²) in [5.41, 5.74) is 8.91. The number of aliphatic imine (C=N–C) groups is 1. The second-order valence-corrected chi connectivity index (χ2v) is 6.71. The number of nitrogens with one attached hydrogen (secondary N) is 1. The van der Waals surface area contributed by atoms with Crippen molar-refractivity contribution in [2.45, 2.75) is 19.8 Å². The van der Waals surface area contributed by atoms with Gasteiger partial charge in [-0.05, 0) is 36.8 Å². The number of aliphatic hydroxyl groups is 1. The smallest absolute Gasteiger partial charge is 0.144 e. The number of ether oxygens (including phenoxy) is 1. The van der Waals surface area contributed by atoms with Crippen molar-refractivity contribution < 1.29 is 9.84 Å². The summed E-state index contributed by atoms with van der Waals surface area (Å²) in [6, 6.07) is 7.62. The number of hydrogen-bond acceptors (Lipinski definition) is 6. The minimum Gasteiger partial charge on any atom is -0.491 e. The number of nitrogens with two attached hydrogens (primary N) is 1. The quantitative estimate of drug-likeness (QED) is 0.243. The molecule has 1 aliphatic carbocycles. The topological polar surface area (TPSA) is 94.9 Å². The van der Waals surface area contributed by atoms with Crippen LogP contribution in [-0.2, 0) is 4.74 Å². The maximum absolute atomic E-state index is 9.00. The van der Waals surface area contributed by atoms with Crippen LogP contribution in [0.3, 0.4) is 0 Å². The fraction of sp³-hybridized carbons (Fsp3) is 0.333.